The molecule has 2 unspecified atom stereocenters. The van der Waals surface area contributed by atoms with Crippen molar-refractivity contribution in [3.63, 3.8) is 0 Å². The molecule has 2 aliphatic heterocycles. The number of piperidine rings is 1. The first-order chi connectivity index (χ1) is 8.68. The largest absolute Gasteiger partial charge is 0.381 e. The fraction of sp³-hybridized carbons (Fsp3) is 0.929. The van der Waals surface area contributed by atoms with Crippen molar-refractivity contribution < 1.29 is 9.53 Å². The molecule has 104 valence electrons. The van der Waals surface area contributed by atoms with E-state index in [-0.39, 0.29) is 5.91 Å². The molecule has 1 N–H and O–H groups in total. The van der Waals surface area contributed by atoms with E-state index in [4.69, 9.17) is 4.74 Å². The molecule has 0 saturated carbocycles. The highest BCUT2D eigenvalue weighted by Crippen LogP contribution is 2.20. The van der Waals surface area contributed by atoms with Gasteiger partial charge < -0.3 is 15.0 Å². The van der Waals surface area contributed by atoms with E-state index in [1.807, 2.05) is 11.9 Å². The molecule has 0 aromatic carbocycles. The van der Waals surface area contributed by atoms with Crippen molar-refractivity contribution in [2.45, 2.75) is 51.1 Å². The molecule has 2 heterocycles. The van der Waals surface area contributed by atoms with Gasteiger partial charge in [0, 0.05) is 38.8 Å². The highest BCUT2D eigenvalue weighted by molar-refractivity contribution is 5.77. The van der Waals surface area contributed by atoms with Gasteiger partial charge >= 0.3 is 0 Å². The van der Waals surface area contributed by atoms with E-state index < -0.39 is 0 Å². The average molecular weight is 254 g/mol. The highest BCUT2D eigenvalue weighted by atomic mass is 16.5. The smallest absolute Gasteiger partial charge is 0.224 e. The van der Waals surface area contributed by atoms with Gasteiger partial charge in [-0.25, -0.2) is 0 Å². The number of nitrogens with zero attached hydrogens (tertiary/aromatic N) is 1. The lowest BCUT2D eigenvalue weighted by Crippen LogP contribution is -2.46. The predicted molar refractivity (Wildman–Crippen MR) is 71.4 cm³/mol. The van der Waals surface area contributed by atoms with E-state index in [9.17, 15) is 4.79 Å². The number of carbonyl (C=O) groups excluding carboxylic acids is 1. The molecule has 2 saturated heterocycles. The molecular weight excluding hydrogens is 228 g/mol. The maximum absolute atomic E-state index is 12.3. The maximum atomic E-state index is 12.3. The Morgan fingerprint density at radius 2 is 2.06 bits per heavy atom. The number of ether oxygens (including phenoxy) is 1. The lowest BCUT2D eigenvalue weighted by Gasteiger charge is -2.34. The molecular formula is C14H26N2O2. The Morgan fingerprint density at radius 1 is 1.33 bits per heavy atom. The lowest BCUT2D eigenvalue weighted by molar-refractivity contribution is -0.134. The van der Waals surface area contributed by atoms with Crippen LogP contribution in [0.2, 0.25) is 0 Å². The van der Waals surface area contributed by atoms with Gasteiger partial charge in [-0.2, -0.15) is 0 Å². The third-order valence-electron chi connectivity index (χ3n) is 4.46. The summed E-state index contributed by atoms with van der Waals surface area (Å²) in [4.78, 5) is 14.3. The van der Waals surface area contributed by atoms with Crippen molar-refractivity contribution in [3.8, 4) is 0 Å². The van der Waals surface area contributed by atoms with Crippen LogP contribution in [-0.2, 0) is 9.53 Å². The van der Waals surface area contributed by atoms with Crippen LogP contribution in [0.25, 0.3) is 0 Å². The normalized spacial score (nSPS) is 30.1. The van der Waals surface area contributed by atoms with Crippen LogP contribution in [0.3, 0.4) is 0 Å². The van der Waals surface area contributed by atoms with Crippen molar-refractivity contribution in [2.75, 3.05) is 26.8 Å². The summed E-state index contributed by atoms with van der Waals surface area (Å²) in [5.41, 5.74) is 0. The van der Waals surface area contributed by atoms with Crippen molar-refractivity contribution >= 4 is 5.91 Å². The van der Waals surface area contributed by atoms with Gasteiger partial charge in [-0.05, 0) is 38.1 Å². The third kappa shape index (κ3) is 3.45. The van der Waals surface area contributed by atoms with Crippen LogP contribution in [0.1, 0.15) is 39.0 Å². The molecule has 0 spiro atoms. The molecule has 0 aromatic rings. The van der Waals surface area contributed by atoms with E-state index in [0.29, 0.717) is 24.4 Å². The van der Waals surface area contributed by atoms with Gasteiger partial charge in [0.05, 0.1) is 0 Å². The average Bonchev–Trinajstić information content (AvgIpc) is 2.41. The Morgan fingerprint density at radius 3 is 2.72 bits per heavy atom. The zero-order valence-corrected chi connectivity index (χ0v) is 11.7. The second-order valence-corrected chi connectivity index (χ2v) is 5.73. The molecule has 4 nitrogen and oxygen atoms in total. The third-order valence-corrected chi connectivity index (χ3v) is 4.46. The number of rotatable bonds is 3. The topological polar surface area (TPSA) is 41.6 Å². The molecule has 0 aromatic heterocycles. The quantitative estimate of drug-likeness (QED) is 0.828. The summed E-state index contributed by atoms with van der Waals surface area (Å²) in [6.07, 6.45) is 5.09. The van der Waals surface area contributed by atoms with Crippen LogP contribution < -0.4 is 5.32 Å². The lowest BCUT2D eigenvalue weighted by atomic mass is 9.90. The van der Waals surface area contributed by atoms with Crippen LogP contribution in [0.15, 0.2) is 0 Å². The van der Waals surface area contributed by atoms with Crippen molar-refractivity contribution in [2.24, 2.45) is 5.92 Å². The standard InChI is InChI=1S/C14H26N2O2/c1-11-4-3-7-15-13(11)10-14(17)16(2)12-5-8-18-9-6-12/h11-13,15H,3-10H2,1-2H3. The minimum Gasteiger partial charge on any atom is -0.381 e. The summed E-state index contributed by atoms with van der Waals surface area (Å²) in [6.45, 7) is 4.89. The first-order valence-electron chi connectivity index (χ1n) is 7.25. The molecule has 2 rings (SSSR count). The van der Waals surface area contributed by atoms with Crippen molar-refractivity contribution in [1.82, 2.24) is 10.2 Å². The van der Waals surface area contributed by atoms with Gasteiger partial charge in [-0.1, -0.05) is 6.92 Å². The van der Waals surface area contributed by atoms with Crippen molar-refractivity contribution in [3.05, 3.63) is 0 Å². The summed E-state index contributed by atoms with van der Waals surface area (Å²) in [5, 5.41) is 3.49. The van der Waals surface area contributed by atoms with E-state index in [1.165, 1.54) is 12.8 Å². The number of amides is 1. The summed E-state index contributed by atoms with van der Waals surface area (Å²) in [6, 6.07) is 0.749. The number of carbonyl (C=O) groups is 1. The molecule has 2 atom stereocenters. The summed E-state index contributed by atoms with van der Waals surface area (Å²) < 4.78 is 5.35. The molecule has 1 amide bonds. The molecule has 4 heteroatoms. The zero-order valence-electron chi connectivity index (χ0n) is 11.7. The van der Waals surface area contributed by atoms with E-state index in [0.717, 1.165) is 32.6 Å². The van der Waals surface area contributed by atoms with Crippen LogP contribution >= 0.6 is 0 Å². The van der Waals surface area contributed by atoms with E-state index in [1.54, 1.807) is 0 Å². The SMILES string of the molecule is CC1CCCNC1CC(=O)N(C)C1CCOCC1. The van der Waals surface area contributed by atoms with E-state index >= 15 is 0 Å². The summed E-state index contributed by atoms with van der Waals surface area (Å²) >= 11 is 0. The van der Waals surface area contributed by atoms with Gasteiger partial charge in [0.1, 0.15) is 0 Å². The summed E-state index contributed by atoms with van der Waals surface area (Å²) in [5.74, 6) is 0.902. The second kappa shape index (κ2) is 6.53. The Balaban J connectivity index is 1.82. The monoisotopic (exact) mass is 254 g/mol. The van der Waals surface area contributed by atoms with Crippen LogP contribution in [-0.4, -0.2) is 49.7 Å². The fourth-order valence-electron chi connectivity index (χ4n) is 3.00. The Hall–Kier alpha value is -0.610. The number of hydrogen-bond donors (Lipinski definition) is 1. The predicted octanol–water partition coefficient (Wildman–Crippen LogP) is 1.40. The molecule has 0 aliphatic carbocycles. The number of nitrogens with one attached hydrogen (secondary N) is 1. The van der Waals surface area contributed by atoms with Gasteiger partial charge in [-0.15, -0.1) is 0 Å². The van der Waals surface area contributed by atoms with Crippen LogP contribution in [0.5, 0.6) is 0 Å². The summed E-state index contributed by atoms with van der Waals surface area (Å²) in [7, 11) is 1.95. The molecule has 18 heavy (non-hydrogen) atoms. The van der Waals surface area contributed by atoms with Gasteiger partial charge in [0.25, 0.3) is 0 Å². The van der Waals surface area contributed by atoms with Gasteiger partial charge in [0.15, 0.2) is 0 Å². The van der Waals surface area contributed by atoms with Gasteiger partial charge in [0.2, 0.25) is 5.91 Å². The molecule has 2 fully saturated rings. The van der Waals surface area contributed by atoms with Gasteiger partial charge in [-0.3, -0.25) is 4.79 Å². The Kier molecular flexibility index (Phi) is 5.01. The highest BCUT2D eigenvalue weighted by Gasteiger charge is 2.27. The Bertz CT molecular complexity index is 277. The fourth-order valence-corrected chi connectivity index (χ4v) is 3.00. The van der Waals surface area contributed by atoms with E-state index in [2.05, 4.69) is 12.2 Å². The first-order valence-corrected chi connectivity index (χ1v) is 7.25. The first kappa shape index (κ1) is 13.8. The van der Waals surface area contributed by atoms with Crippen LogP contribution in [0, 0.1) is 5.92 Å². The maximum Gasteiger partial charge on any atom is 0.224 e. The van der Waals surface area contributed by atoms with Crippen molar-refractivity contribution in [1.29, 1.82) is 0 Å². The number of hydrogen-bond acceptors (Lipinski definition) is 3. The molecule has 0 bridgehead atoms. The zero-order chi connectivity index (χ0) is 13.0. The molecule has 2 aliphatic rings. The minimum absolute atomic E-state index is 0.285. The second-order valence-electron chi connectivity index (χ2n) is 5.73. The van der Waals surface area contributed by atoms with Crippen LogP contribution in [0.4, 0.5) is 0 Å². The minimum atomic E-state index is 0.285. The Labute approximate surface area is 110 Å². The molecule has 0 radical (unpaired) electrons.